The smallest absolute Gasteiger partial charge is 0.308 e. The van der Waals surface area contributed by atoms with Crippen LogP contribution in [0.2, 0.25) is 0 Å². The number of esters is 1. The molecular weight excluding hydrogens is 332 g/mol. The van der Waals surface area contributed by atoms with E-state index in [1.165, 1.54) is 84.2 Å². The first-order chi connectivity index (χ1) is 13.2. The summed E-state index contributed by atoms with van der Waals surface area (Å²) in [7, 11) is 1.53. The Labute approximate surface area is 167 Å². The first kappa shape index (κ1) is 20.9. The predicted octanol–water partition coefficient (Wildman–Crippen LogP) is 6.93. The number of methoxy groups -OCH3 is 1. The van der Waals surface area contributed by atoms with Crippen LogP contribution in [0, 0.1) is 35.5 Å². The van der Waals surface area contributed by atoms with Gasteiger partial charge in [-0.15, -0.1) is 0 Å². The van der Waals surface area contributed by atoms with Gasteiger partial charge in [0.25, 0.3) is 0 Å². The lowest BCUT2D eigenvalue weighted by Crippen LogP contribution is -2.31. The van der Waals surface area contributed by atoms with E-state index < -0.39 is 0 Å². The lowest BCUT2D eigenvalue weighted by atomic mass is 9.65. The highest BCUT2D eigenvalue weighted by Gasteiger charge is 2.35. The minimum absolute atomic E-state index is 0.0264. The third kappa shape index (κ3) is 5.84. The molecule has 0 aliphatic heterocycles. The van der Waals surface area contributed by atoms with Gasteiger partial charge in [-0.25, -0.2) is 0 Å². The summed E-state index contributed by atoms with van der Waals surface area (Å²) < 4.78 is 4.94. The Bertz CT molecular complexity index is 459. The molecule has 0 aromatic rings. The zero-order valence-electron chi connectivity index (χ0n) is 17.8. The number of hydrogen-bond donors (Lipinski definition) is 0. The van der Waals surface area contributed by atoms with Gasteiger partial charge in [0.15, 0.2) is 0 Å². The topological polar surface area (TPSA) is 26.3 Å². The molecule has 0 amide bonds. The predicted molar refractivity (Wildman–Crippen MR) is 112 cm³/mol. The summed E-state index contributed by atoms with van der Waals surface area (Å²) >= 11 is 0. The average Bonchev–Trinajstić information content (AvgIpc) is 2.74. The maximum Gasteiger partial charge on any atom is 0.308 e. The molecular formula is C25H42O2. The number of hydrogen-bond acceptors (Lipinski definition) is 2. The molecule has 2 heteroatoms. The van der Waals surface area contributed by atoms with Crippen molar-refractivity contribution in [3.05, 3.63) is 12.2 Å². The highest BCUT2D eigenvalue weighted by atomic mass is 16.5. The average molecular weight is 375 g/mol. The number of ether oxygens (including phenoxy) is 1. The Balaban J connectivity index is 1.34. The second kappa shape index (κ2) is 10.7. The Morgan fingerprint density at radius 2 is 1.22 bits per heavy atom. The van der Waals surface area contributed by atoms with Gasteiger partial charge in [0, 0.05) is 0 Å². The van der Waals surface area contributed by atoms with Crippen molar-refractivity contribution in [1.82, 2.24) is 0 Å². The third-order valence-electron chi connectivity index (χ3n) is 8.32. The van der Waals surface area contributed by atoms with Crippen LogP contribution >= 0.6 is 0 Å². The molecule has 3 rings (SSSR count). The second-order valence-corrected chi connectivity index (χ2v) is 9.74. The summed E-state index contributed by atoms with van der Waals surface area (Å²) in [5.41, 5.74) is 0. The summed E-state index contributed by atoms with van der Waals surface area (Å²) in [4.78, 5) is 11.7. The zero-order valence-corrected chi connectivity index (χ0v) is 17.8. The highest BCUT2D eigenvalue weighted by molar-refractivity contribution is 5.72. The molecule has 0 radical (unpaired) electrons. The van der Waals surface area contributed by atoms with Crippen molar-refractivity contribution in [2.75, 3.05) is 7.11 Å². The standard InChI is InChI=1S/C25H42O2/c1-3-4-5-6-19-7-9-20(10-8-19)21-11-13-22(14-12-21)23-15-17-24(18-16-23)25(26)27-2/h3-4,19-24H,5-18H2,1-2H3/b4-3+. The van der Waals surface area contributed by atoms with Gasteiger partial charge in [-0.1, -0.05) is 25.0 Å². The quantitative estimate of drug-likeness (QED) is 0.372. The Hall–Kier alpha value is -0.790. The maximum atomic E-state index is 11.7. The molecule has 0 saturated heterocycles. The van der Waals surface area contributed by atoms with Crippen molar-refractivity contribution in [3.63, 3.8) is 0 Å². The Kier molecular flexibility index (Phi) is 8.27. The summed E-state index contributed by atoms with van der Waals surface area (Å²) in [6, 6.07) is 0. The molecule has 0 aromatic carbocycles. The zero-order chi connectivity index (χ0) is 19.1. The van der Waals surface area contributed by atoms with Crippen LogP contribution in [0.3, 0.4) is 0 Å². The van der Waals surface area contributed by atoms with Crippen LogP contribution in [0.25, 0.3) is 0 Å². The van der Waals surface area contributed by atoms with Crippen LogP contribution in [0.1, 0.15) is 96.8 Å². The first-order valence-electron chi connectivity index (χ1n) is 11.9. The molecule has 3 aliphatic carbocycles. The second-order valence-electron chi connectivity index (χ2n) is 9.74. The van der Waals surface area contributed by atoms with Crippen molar-refractivity contribution < 1.29 is 9.53 Å². The molecule has 3 fully saturated rings. The summed E-state index contributed by atoms with van der Waals surface area (Å²) in [6.45, 7) is 2.14. The van der Waals surface area contributed by atoms with Crippen molar-refractivity contribution >= 4 is 5.97 Å². The van der Waals surface area contributed by atoms with Gasteiger partial charge in [0.2, 0.25) is 0 Å². The largest absolute Gasteiger partial charge is 0.469 e. The molecule has 0 bridgehead atoms. The monoisotopic (exact) mass is 374 g/mol. The molecule has 0 aromatic heterocycles. The number of carbonyl (C=O) groups excluding carboxylic acids is 1. The van der Waals surface area contributed by atoms with Gasteiger partial charge in [0.1, 0.15) is 0 Å². The summed E-state index contributed by atoms with van der Waals surface area (Å²) in [6.07, 6.45) is 23.7. The van der Waals surface area contributed by atoms with E-state index in [1.807, 2.05) is 0 Å². The molecule has 0 spiro atoms. The van der Waals surface area contributed by atoms with Crippen LogP contribution in [0.5, 0.6) is 0 Å². The van der Waals surface area contributed by atoms with E-state index in [1.54, 1.807) is 0 Å². The molecule has 0 N–H and O–H groups in total. The van der Waals surface area contributed by atoms with Crippen molar-refractivity contribution in [2.45, 2.75) is 96.8 Å². The van der Waals surface area contributed by atoms with Crippen LogP contribution in [0.15, 0.2) is 12.2 Å². The lowest BCUT2D eigenvalue weighted by Gasteiger charge is -2.41. The molecule has 154 valence electrons. The molecule has 3 saturated carbocycles. The number of allylic oxidation sites excluding steroid dienone is 2. The van der Waals surface area contributed by atoms with Crippen molar-refractivity contribution in [2.24, 2.45) is 35.5 Å². The fraction of sp³-hybridized carbons (Fsp3) is 0.880. The van der Waals surface area contributed by atoms with E-state index in [-0.39, 0.29) is 11.9 Å². The van der Waals surface area contributed by atoms with Gasteiger partial charge >= 0.3 is 5.97 Å². The molecule has 2 nitrogen and oxygen atoms in total. The van der Waals surface area contributed by atoms with E-state index in [0.29, 0.717) is 0 Å². The molecule has 0 atom stereocenters. The van der Waals surface area contributed by atoms with E-state index in [4.69, 9.17) is 4.74 Å². The van der Waals surface area contributed by atoms with Crippen molar-refractivity contribution in [1.29, 1.82) is 0 Å². The highest BCUT2D eigenvalue weighted by Crippen LogP contribution is 2.46. The summed E-state index contributed by atoms with van der Waals surface area (Å²) in [5, 5.41) is 0. The van der Waals surface area contributed by atoms with Gasteiger partial charge in [0.05, 0.1) is 13.0 Å². The molecule has 0 unspecified atom stereocenters. The SMILES string of the molecule is C/C=C/CCC1CCC(C2CCC(C3CCC(C(=O)OC)CC3)CC2)CC1. The van der Waals surface area contributed by atoms with Gasteiger partial charge < -0.3 is 4.74 Å². The van der Waals surface area contributed by atoms with Crippen LogP contribution < -0.4 is 0 Å². The fourth-order valence-electron chi connectivity index (χ4n) is 6.53. The van der Waals surface area contributed by atoms with Gasteiger partial charge in [-0.3, -0.25) is 4.79 Å². The van der Waals surface area contributed by atoms with E-state index >= 15 is 0 Å². The maximum absolute atomic E-state index is 11.7. The Morgan fingerprint density at radius 3 is 1.67 bits per heavy atom. The summed E-state index contributed by atoms with van der Waals surface area (Å²) in [5.74, 6) is 5.08. The van der Waals surface area contributed by atoms with Crippen molar-refractivity contribution in [3.8, 4) is 0 Å². The van der Waals surface area contributed by atoms with Gasteiger partial charge in [-0.05, 0) is 114 Å². The minimum atomic E-state index is 0.0264. The minimum Gasteiger partial charge on any atom is -0.469 e. The van der Waals surface area contributed by atoms with Crippen LogP contribution in [0.4, 0.5) is 0 Å². The van der Waals surface area contributed by atoms with E-state index in [2.05, 4.69) is 19.1 Å². The lowest BCUT2D eigenvalue weighted by molar-refractivity contribution is -0.147. The van der Waals surface area contributed by atoms with Crippen LogP contribution in [-0.4, -0.2) is 13.1 Å². The third-order valence-corrected chi connectivity index (χ3v) is 8.32. The van der Waals surface area contributed by atoms with Crippen LogP contribution in [-0.2, 0) is 9.53 Å². The fourth-order valence-corrected chi connectivity index (χ4v) is 6.53. The van der Waals surface area contributed by atoms with E-state index in [0.717, 1.165) is 42.4 Å². The van der Waals surface area contributed by atoms with E-state index in [9.17, 15) is 4.79 Å². The number of carbonyl (C=O) groups is 1. The molecule has 27 heavy (non-hydrogen) atoms. The molecule has 3 aliphatic rings. The normalized spacial score (nSPS) is 38.0. The van der Waals surface area contributed by atoms with Gasteiger partial charge in [-0.2, -0.15) is 0 Å². The first-order valence-corrected chi connectivity index (χ1v) is 11.9. The molecule has 0 heterocycles. The Morgan fingerprint density at radius 1 is 0.778 bits per heavy atom. The number of rotatable bonds is 6.